The van der Waals surface area contributed by atoms with Crippen LogP contribution < -0.4 is 10.1 Å². The first-order valence-electron chi connectivity index (χ1n) is 16.8. The minimum absolute atomic E-state index is 0.0739. The average Bonchev–Trinajstić information content (AvgIpc) is 4.06. The minimum atomic E-state index is -3.87. The van der Waals surface area contributed by atoms with Crippen LogP contribution in [0.5, 0.6) is 5.75 Å². The highest BCUT2D eigenvalue weighted by Crippen LogP contribution is 2.53. The Bertz CT molecular complexity index is 1850. The normalized spacial score (nSPS) is 20.0. The maximum atomic E-state index is 13.5. The Hall–Kier alpha value is -3.44. The van der Waals surface area contributed by atoms with Gasteiger partial charge in [0.25, 0.3) is 0 Å². The van der Waals surface area contributed by atoms with Gasteiger partial charge in [0.1, 0.15) is 24.1 Å². The van der Waals surface area contributed by atoms with Crippen molar-refractivity contribution in [3.05, 3.63) is 89.2 Å². The molecule has 6 rings (SSSR count). The van der Waals surface area contributed by atoms with Gasteiger partial charge in [-0.2, -0.15) is 4.31 Å². The molecule has 2 aromatic carbocycles. The van der Waals surface area contributed by atoms with E-state index in [4.69, 9.17) is 26.2 Å². The lowest BCUT2D eigenvalue weighted by molar-refractivity contribution is -0.122. The lowest BCUT2D eigenvalue weighted by Crippen LogP contribution is -2.50. The van der Waals surface area contributed by atoms with Crippen LogP contribution in [0.2, 0.25) is 5.02 Å². The number of benzene rings is 2. The number of nitrogens with zero attached hydrogens (tertiary/aromatic N) is 2. The van der Waals surface area contributed by atoms with E-state index in [1.54, 1.807) is 18.3 Å². The first kappa shape index (κ1) is 37.3. The Labute approximate surface area is 301 Å². The molecule has 3 aromatic rings. The second kappa shape index (κ2) is 15.7. The number of rotatable bonds is 17. The molecule has 0 unspecified atom stereocenters. The molecule has 51 heavy (non-hydrogen) atoms. The molecule has 274 valence electrons. The summed E-state index contributed by atoms with van der Waals surface area (Å²) < 4.78 is 41.0. The van der Waals surface area contributed by atoms with Gasteiger partial charge in [0, 0.05) is 54.1 Å². The number of carbonyl (C=O) groups excluding carboxylic acids is 1. The molecule has 0 bridgehead atoms. The molecule has 2 aliphatic carbocycles. The van der Waals surface area contributed by atoms with Gasteiger partial charge in [0.2, 0.25) is 15.9 Å². The summed E-state index contributed by atoms with van der Waals surface area (Å²) in [7, 11) is -3.87. The minimum Gasteiger partial charge on any atom is -0.490 e. The molecule has 2 heterocycles. The van der Waals surface area contributed by atoms with Crippen LogP contribution in [-0.4, -0.2) is 106 Å². The van der Waals surface area contributed by atoms with E-state index in [9.17, 15) is 33.6 Å². The van der Waals surface area contributed by atoms with Crippen LogP contribution in [0, 0.1) is 5.92 Å². The fourth-order valence-electron chi connectivity index (χ4n) is 5.90. The summed E-state index contributed by atoms with van der Waals surface area (Å²) in [5.41, 5.74) is 2.82. The molecule has 1 saturated heterocycles. The molecule has 15 heteroatoms. The summed E-state index contributed by atoms with van der Waals surface area (Å²) in [4.78, 5) is 16.7. The van der Waals surface area contributed by atoms with Crippen molar-refractivity contribution in [3.63, 3.8) is 0 Å². The van der Waals surface area contributed by atoms with Gasteiger partial charge in [0.05, 0.1) is 35.9 Å². The van der Waals surface area contributed by atoms with Gasteiger partial charge in [-0.3, -0.25) is 9.78 Å². The fourth-order valence-corrected chi connectivity index (χ4v) is 7.68. The number of sulfonamides is 1. The maximum Gasteiger partial charge on any atom is 0.243 e. The molecule has 1 amide bonds. The second-order valence-corrected chi connectivity index (χ2v) is 15.6. The Kier molecular flexibility index (Phi) is 11.5. The molecular weight excluding hydrogens is 702 g/mol. The Morgan fingerprint density at radius 2 is 1.76 bits per heavy atom. The zero-order chi connectivity index (χ0) is 36.3. The van der Waals surface area contributed by atoms with Crippen LogP contribution in [0.15, 0.2) is 78.0 Å². The Balaban J connectivity index is 1.05. The number of hydrogen-bond donors (Lipinski definition) is 6. The maximum absolute atomic E-state index is 13.5. The smallest absolute Gasteiger partial charge is 0.243 e. The number of ether oxygens (including phenoxy) is 2. The summed E-state index contributed by atoms with van der Waals surface area (Å²) in [5, 5.41) is 50.6. The highest BCUT2D eigenvalue weighted by Gasteiger charge is 2.48. The highest BCUT2D eigenvalue weighted by atomic mass is 35.5. The zero-order valence-electron chi connectivity index (χ0n) is 27.7. The highest BCUT2D eigenvalue weighted by molar-refractivity contribution is 7.89. The van der Waals surface area contributed by atoms with E-state index in [2.05, 4.69) is 10.3 Å². The SMILES string of the molecule is O=C(/C=C/C1CN(S(=O)(=O)c2ccc(Cl)c(COC3(c4cnccc4-c4ccccc4OC4CC4)CC3)c2)C1)NC[C@H](O)[C@@H](O)[C@H](O)[C@H](O)CO. The van der Waals surface area contributed by atoms with Crippen LogP contribution in [0.1, 0.15) is 36.8 Å². The first-order chi connectivity index (χ1) is 24.4. The Morgan fingerprint density at radius 1 is 1.04 bits per heavy atom. The van der Waals surface area contributed by atoms with Crippen molar-refractivity contribution < 1.29 is 48.2 Å². The zero-order valence-corrected chi connectivity index (χ0v) is 29.3. The second-order valence-electron chi connectivity index (χ2n) is 13.3. The molecule has 1 aliphatic heterocycles. The van der Waals surface area contributed by atoms with Gasteiger partial charge in [-0.05, 0) is 73.2 Å². The number of para-hydroxylation sites is 1. The lowest BCUT2D eigenvalue weighted by atomic mass is 9.96. The quantitative estimate of drug-likeness (QED) is 0.110. The van der Waals surface area contributed by atoms with Crippen molar-refractivity contribution >= 4 is 27.5 Å². The third-order valence-electron chi connectivity index (χ3n) is 9.38. The standard InChI is InChI=1S/C36H42ClN3O10S/c37-29-9-8-25(51(47,48)40-18-22(19-40)5-10-33(44)39-17-30(42)34(45)35(46)31(43)20-41)15-23(29)21-49-36(12-13-36)28-16-38-14-11-26(28)27-3-1-2-4-32(27)50-24-6-7-24/h1-5,8-11,14-16,22,24,30-31,34-35,41-43,45-46H,6-7,12-13,17-21H2,(H,39,44)/b10-5+/t30-,31+,34+,35+/m0/s1. The van der Waals surface area contributed by atoms with Crippen molar-refractivity contribution in [2.45, 2.75) is 73.3 Å². The molecule has 4 atom stereocenters. The van der Waals surface area contributed by atoms with Crippen LogP contribution >= 0.6 is 11.6 Å². The topological polar surface area (TPSA) is 199 Å². The molecule has 1 aromatic heterocycles. The predicted molar refractivity (Wildman–Crippen MR) is 186 cm³/mol. The summed E-state index contributed by atoms with van der Waals surface area (Å²) in [6.07, 6.45) is 3.33. The van der Waals surface area contributed by atoms with E-state index in [-0.39, 0.29) is 36.6 Å². The van der Waals surface area contributed by atoms with Crippen molar-refractivity contribution in [1.29, 1.82) is 0 Å². The third kappa shape index (κ3) is 8.62. The Morgan fingerprint density at radius 3 is 2.47 bits per heavy atom. The van der Waals surface area contributed by atoms with Crippen molar-refractivity contribution in [2.75, 3.05) is 26.2 Å². The fraction of sp³-hybridized carbons (Fsp3) is 0.444. The molecule has 3 fully saturated rings. The summed E-state index contributed by atoms with van der Waals surface area (Å²) in [6, 6.07) is 14.4. The number of nitrogens with one attached hydrogen (secondary N) is 1. The van der Waals surface area contributed by atoms with Gasteiger partial charge in [-0.1, -0.05) is 35.9 Å². The number of amides is 1. The number of aromatic nitrogens is 1. The van der Waals surface area contributed by atoms with Gasteiger partial charge in [0.15, 0.2) is 0 Å². The van der Waals surface area contributed by atoms with Crippen LogP contribution in [0.25, 0.3) is 11.1 Å². The van der Waals surface area contributed by atoms with Crippen molar-refractivity contribution in [2.24, 2.45) is 5.92 Å². The third-order valence-corrected chi connectivity index (χ3v) is 11.6. The summed E-state index contributed by atoms with van der Waals surface area (Å²) in [5.74, 6) is -0.0210. The number of hydrogen-bond acceptors (Lipinski definition) is 11. The number of halogens is 1. The number of aliphatic hydroxyl groups is 5. The van der Waals surface area contributed by atoms with Crippen LogP contribution in [0.4, 0.5) is 0 Å². The number of aliphatic hydroxyl groups excluding tert-OH is 5. The van der Waals surface area contributed by atoms with Gasteiger partial charge < -0.3 is 40.3 Å². The largest absolute Gasteiger partial charge is 0.490 e. The van der Waals surface area contributed by atoms with E-state index < -0.39 is 59.1 Å². The van der Waals surface area contributed by atoms with Gasteiger partial charge in [-0.25, -0.2) is 8.42 Å². The van der Waals surface area contributed by atoms with E-state index in [0.29, 0.717) is 10.6 Å². The van der Waals surface area contributed by atoms with E-state index in [0.717, 1.165) is 48.1 Å². The van der Waals surface area contributed by atoms with E-state index >= 15 is 0 Å². The molecule has 2 saturated carbocycles. The predicted octanol–water partition coefficient (Wildman–Crippen LogP) is 1.88. The monoisotopic (exact) mass is 743 g/mol. The summed E-state index contributed by atoms with van der Waals surface area (Å²) in [6.45, 7) is -0.869. The molecule has 13 nitrogen and oxygen atoms in total. The van der Waals surface area contributed by atoms with E-state index in [1.165, 1.54) is 22.5 Å². The van der Waals surface area contributed by atoms with Gasteiger partial charge >= 0.3 is 0 Å². The summed E-state index contributed by atoms with van der Waals surface area (Å²) >= 11 is 6.54. The van der Waals surface area contributed by atoms with Crippen LogP contribution in [-0.2, 0) is 31.8 Å². The first-order valence-corrected chi connectivity index (χ1v) is 18.7. The van der Waals surface area contributed by atoms with Crippen molar-refractivity contribution in [3.8, 4) is 16.9 Å². The van der Waals surface area contributed by atoms with Gasteiger partial charge in [-0.15, -0.1) is 0 Å². The van der Waals surface area contributed by atoms with Crippen molar-refractivity contribution in [1.82, 2.24) is 14.6 Å². The molecule has 6 N–H and O–H groups in total. The molecule has 3 aliphatic rings. The van der Waals surface area contributed by atoms with E-state index in [1.807, 2.05) is 36.5 Å². The number of pyridine rings is 1. The molecule has 0 spiro atoms. The van der Waals surface area contributed by atoms with Crippen LogP contribution in [0.3, 0.4) is 0 Å². The molecule has 0 radical (unpaired) electrons. The lowest BCUT2D eigenvalue weighted by Gasteiger charge is -2.36. The molecular formula is C36H42ClN3O10S. The number of carbonyl (C=O) groups is 1. The average molecular weight is 744 g/mol.